The molecule has 0 saturated heterocycles. The van der Waals surface area contributed by atoms with Gasteiger partial charge in [0.1, 0.15) is 5.82 Å². The molecule has 168 valence electrons. The summed E-state index contributed by atoms with van der Waals surface area (Å²) in [6, 6.07) is 19.0. The van der Waals surface area contributed by atoms with E-state index in [1.165, 1.54) is 6.20 Å². The molecule has 0 radical (unpaired) electrons. The highest BCUT2D eigenvalue weighted by Gasteiger charge is 2.13. The van der Waals surface area contributed by atoms with Crippen LogP contribution in [0.5, 0.6) is 0 Å². The van der Waals surface area contributed by atoms with Crippen molar-refractivity contribution in [3.05, 3.63) is 100.0 Å². The monoisotopic (exact) mass is 442 g/mol. The van der Waals surface area contributed by atoms with E-state index in [2.05, 4.69) is 15.6 Å². The smallest absolute Gasteiger partial charge is 0.253 e. The predicted octanol–water partition coefficient (Wildman–Crippen LogP) is 3.68. The molecular formula is C26H26N4O3. The Hall–Kier alpha value is -3.97. The van der Waals surface area contributed by atoms with E-state index in [0.29, 0.717) is 35.5 Å². The van der Waals surface area contributed by atoms with Crippen LogP contribution in [0.25, 0.3) is 16.6 Å². The van der Waals surface area contributed by atoms with Crippen molar-refractivity contribution < 1.29 is 9.53 Å². The SMILES string of the molecule is COCCNc1ccc(C(=O)NCc2cn(-c3ccccc3)c3cc(C)ccc3c2=O)cn1. The van der Waals surface area contributed by atoms with Gasteiger partial charge in [-0.1, -0.05) is 24.3 Å². The summed E-state index contributed by atoms with van der Waals surface area (Å²) in [7, 11) is 1.63. The van der Waals surface area contributed by atoms with Crippen molar-refractivity contribution in [3.8, 4) is 5.69 Å². The van der Waals surface area contributed by atoms with Crippen molar-refractivity contribution >= 4 is 22.6 Å². The van der Waals surface area contributed by atoms with Gasteiger partial charge in [-0.15, -0.1) is 0 Å². The number of hydrogen-bond donors (Lipinski definition) is 2. The maximum Gasteiger partial charge on any atom is 0.253 e. The molecule has 2 heterocycles. The van der Waals surface area contributed by atoms with Crippen molar-refractivity contribution in [1.82, 2.24) is 14.9 Å². The molecule has 1 amide bonds. The van der Waals surface area contributed by atoms with Gasteiger partial charge in [0.2, 0.25) is 0 Å². The van der Waals surface area contributed by atoms with Gasteiger partial charge in [0, 0.05) is 49.2 Å². The Morgan fingerprint density at radius 2 is 1.91 bits per heavy atom. The molecular weight excluding hydrogens is 416 g/mol. The standard InChI is InChI=1S/C26H26N4O3/c1-18-8-10-22-23(14-18)30(21-6-4-3-5-7-21)17-20(25(22)31)16-29-26(32)19-9-11-24(28-15-19)27-12-13-33-2/h3-11,14-15,17H,12-13,16H2,1-2H3,(H,27,28)(H,29,32). The predicted molar refractivity (Wildman–Crippen MR) is 130 cm³/mol. The van der Waals surface area contributed by atoms with Crippen molar-refractivity contribution in [2.75, 3.05) is 25.6 Å². The third-order valence-electron chi connectivity index (χ3n) is 5.35. The minimum absolute atomic E-state index is 0.0895. The fourth-order valence-electron chi connectivity index (χ4n) is 3.61. The van der Waals surface area contributed by atoms with Gasteiger partial charge < -0.3 is 19.9 Å². The number of fused-ring (bicyclic) bond motifs is 1. The highest BCUT2D eigenvalue weighted by atomic mass is 16.5. The van der Waals surface area contributed by atoms with E-state index in [4.69, 9.17) is 4.74 Å². The number of aromatic nitrogens is 2. The minimum Gasteiger partial charge on any atom is -0.383 e. The lowest BCUT2D eigenvalue weighted by Crippen LogP contribution is -2.27. The summed E-state index contributed by atoms with van der Waals surface area (Å²) in [5.41, 5.74) is 3.69. The number of pyridine rings is 2. The highest BCUT2D eigenvalue weighted by Crippen LogP contribution is 2.19. The van der Waals surface area contributed by atoms with Gasteiger partial charge in [-0.3, -0.25) is 9.59 Å². The maximum absolute atomic E-state index is 13.1. The summed E-state index contributed by atoms with van der Waals surface area (Å²) in [5, 5.41) is 6.57. The zero-order valence-electron chi connectivity index (χ0n) is 18.7. The van der Waals surface area contributed by atoms with E-state index in [1.54, 1.807) is 25.4 Å². The Balaban J connectivity index is 1.58. The molecule has 4 rings (SSSR count). The Morgan fingerprint density at radius 3 is 2.64 bits per heavy atom. The number of rotatable bonds is 8. The Bertz CT molecular complexity index is 1320. The first kappa shape index (κ1) is 22.2. The van der Waals surface area contributed by atoms with Gasteiger partial charge in [0.15, 0.2) is 5.43 Å². The van der Waals surface area contributed by atoms with Crippen molar-refractivity contribution in [2.45, 2.75) is 13.5 Å². The summed E-state index contributed by atoms with van der Waals surface area (Å²) in [6.45, 7) is 3.31. The first-order valence-corrected chi connectivity index (χ1v) is 10.7. The van der Waals surface area contributed by atoms with E-state index in [1.807, 2.05) is 60.0 Å². The number of hydrogen-bond acceptors (Lipinski definition) is 5. The number of amides is 1. The second kappa shape index (κ2) is 10.1. The molecule has 0 aliphatic rings. The van der Waals surface area contributed by atoms with E-state index < -0.39 is 0 Å². The van der Waals surface area contributed by atoms with Crippen molar-refractivity contribution in [3.63, 3.8) is 0 Å². The van der Waals surface area contributed by atoms with E-state index in [-0.39, 0.29) is 17.9 Å². The second-order valence-corrected chi connectivity index (χ2v) is 7.74. The largest absolute Gasteiger partial charge is 0.383 e. The number of carbonyl (C=O) groups is 1. The lowest BCUT2D eigenvalue weighted by Gasteiger charge is -2.15. The Morgan fingerprint density at radius 1 is 1.09 bits per heavy atom. The van der Waals surface area contributed by atoms with Crippen LogP contribution in [-0.2, 0) is 11.3 Å². The van der Waals surface area contributed by atoms with Crippen LogP contribution >= 0.6 is 0 Å². The number of nitrogens with one attached hydrogen (secondary N) is 2. The summed E-state index contributed by atoms with van der Waals surface area (Å²) < 4.78 is 6.99. The number of ether oxygens (including phenoxy) is 1. The molecule has 0 atom stereocenters. The van der Waals surface area contributed by atoms with Gasteiger partial charge in [-0.2, -0.15) is 0 Å². The molecule has 0 saturated carbocycles. The molecule has 2 N–H and O–H groups in total. The molecule has 2 aromatic heterocycles. The zero-order chi connectivity index (χ0) is 23.2. The molecule has 0 fully saturated rings. The lowest BCUT2D eigenvalue weighted by molar-refractivity contribution is 0.0950. The zero-order valence-corrected chi connectivity index (χ0v) is 18.7. The normalized spacial score (nSPS) is 10.8. The third-order valence-corrected chi connectivity index (χ3v) is 5.35. The van der Waals surface area contributed by atoms with E-state index in [0.717, 1.165) is 16.8 Å². The van der Waals surface area contributed by atoms with Crippen LogP contribution in [-0.4, -0.2) is 35.7 Å². The molecule has 4 aromatic rings. The fourth-order valence-corrected chi connectivity index (χ4v) is 3.61. The molecule has 0 spiro atoms. The molecule has 0 aliphatic heterocycles. The topological polar surface area (TPSA) is 85.2 Å². The lowest BCUT2D eigenvalue weighted by atomic mass is 10.1. The minimum atomic E-state index is -0.291. The summed E-state index contributed by atoms with van der Waals surface area (Å²) in [5.74, 6) is 0.375. The third kappa shape index (κ3) is 5.10. The average molecular weight is 443 g/mol. The van der Waals surface area contributed by atoms with Gasteiger partial charge in [-0.25, -0.2) is 4.98 Å². The number of anilines is 1. The molecule has 0 bridgehead atoms. The van der Waals surface area contributed by atoms with Crippen LogP contribution in [0.4, 0.5) is 5.82 Å². The number of aryl methyl sites for hydroxylation is 1. The van der Waals surface area contributed by atoms with Crippen LogP contribution in [0.3, 0.4) is 0 Å². The van der Waals surface area contributed by atoms with Crippen molar-refractivity contribution in [2.24, 2.45) is 0 Å². The van der Waals surface area contributed by atoms with Crippen LogP contribution < -0.4 is 16.1 Å². The van der Waals surface area contributed by atoms with Crippen LogP contribution in [0.15, 0.2) is 77.9 Å². The average Bonchev–Trinajstić information content (AvgIpc) is 2.84. The quantitative estimate of drug-likeness (QED) is 0.407. The van der Waals surface area contributed by atoms with Crippen molar-refractivity contribution in [1.29, 1.82) is 0 Å². The van der Waals surface area contributed by atoms with Gasteiger partial charge in [0.05, 0.1) is 17.7 Å². The van der Waals surface area contributed by atoms with E-state index in [9.17, 15) is 9.59 Å². The Kier molecular flexibility index (Phi) is 6.80. The van der Waals surface area contributed by atoms with Gasteiger partial charge in [-0.05, 0) is 48.9 Å². The van der Waals surface area contributed by atoms with Gasteiger partial charge in [0.25, 0.3) is 5.91 Å². The second-order valence-electron chi connectivity index (χ2n) is 7.74. The molecule has 7 heteroatoms. The molecule has 7 nitrogen and oxygen atoms in total. The number of para-hydroxylation sites is 1. The first-order chi connectivity index (χ1) is 16.1. The van der Waals surface area contributed by atoms with E-state index >= 15 is 0 Å². The molecule has 2 aromatic carbocycles. The summed E-state index contributed by atoms with van der Waals surface area (Å²) >= 11 is 0. The molecule has 0 aliphatic carbocycles. The first-order valence-electron chi connectivity index (χ1n) is 10.7. The highest BCUT2D eigenvalue weighted by molar-refractivity contribution is 5.94. The molecule has 0 unspecified atom stereocenters. The molecule has 33 heavy (non-hydrogen) atoms. The van der Waals surface area contributed by atoms with Gasteiger partial charge >= 0.3 is 0 Å². The number of carbonyl (C=O) groups excluding carboxylic acids is 1. The van der Waals surface area contributed by atoms with Crippen LogP contribution in [0, 0.1) is 6.92 Å². The van der Waals surface area contributed by atoms with Crippen LogP contribution in [0.1, 0.15) is 21.5 Å². The number of benzene rings is 2. The summed E-state index contributed by atoms with van der Waals surface area (Å²) in [6.07, 6.45) is 3.32. The fraction of sp³-hybridized carbons (Fsp3) is 0.192. The summed E-state index contributed by atoms with van der Waals surface area (Å²) in [4.78, 5) is 30.1. The number of nitrogens with zero attached hydrogens (tertiary/aromatic N) is 2. The van der Waals surface area contributed by atoms with Crippen LogP contribution in [0.2, 0.25) is 0 Å². The Labute approximate surface area is 192 Å². The number of methoxy groups -OCH3 is 1. The maximum atomic E-state index is 13.1.